The van der Waals surface area contributed by atoms with E-state index >= 15 is 0 Å². The van der Waals surface area contributed by atoms with Crippen molar-refractivity contribution in [1.29, 1.82) is 0 Å². The predicted octanol–water partition coefficient (Wildman–Crippen LogP) is 5.23. The summed E-state index contributed by atoms with van der Waals surface area (Å²) in [5.74, 6) is 0.948. The fraction of sp³-hybridized carbons (Fsp3) is 0.708. The van der Waals surface area contributed by atoms with E-state index < -0.39 is 8.32 Å². The maximum absolute atomic E-state index is 12.5. The van der Waals surface area contributed by atoms with Gasteiger partial charge in [0.1, 0.15) is 11.5 Å². The predicted molar refractivity (Wildman–Crippen MR) is 126 cm³/mol. The van der Waals surface area contributed by atoms with E-state index in [4.69, 9.17) is 28.1 Å². The Labute approximate surface area is 193 Å². The Morgan fingerprint density at radius 3 is 2.28 bits per heavy atom. The minimum atomic E-state index is -2.00. The molecule has 0 radical (unpaired) electrons. The molecular weight excluding hydrogens is 428 g/mol. The molecule has 1 aromatic rings. The van der Waals surface area contributed by atoms with Crippen molar-refractivity contribution in [2.75, 3.05) is 34.9 Å². The number of rotatable bonds is 11. The number of methoxy groups -OCH3 is 3. The van der Waals surface area contributed by atoms with Gasteiger partial charge in [0.2, 0.25) is 0 Å². The Bertz CT molecular complexity index is 757. The van der Waals surface area contributed by atoms with Gasteiger partial charge in [0.15, 0.2) is 21.9 Å². The molecule has 32 heavy (non-hydrogen) atoms. The Balaban J connectivity index is 2.52. The second-order valence-corrected chi connectivity index (χ2v) is 14.6. The largest absolute Gasteiger partial charge is 0.469 e. The summed E-state index contributed by atoms with van der Waals surface area (Å²) in [7, 11) is 2.62. The molecule has 0 heterocycles. The van der Waals surface area contributed by atoms with Gasteiger partial charge in [-0.25, -0.2) is 0 Å². The Morgan fingerprint density at radius 2 is 1.69 bits per heavy atom. The number of ether oxygens (including phenoxy) is 5. The topological polar surface area (TPSA) is 72.5 Å². The molecule has 0 aliphatic heterocycles. The lowest BCUT2D eigenvalue weighted by molar-refractivity contribution is -0.145. The van der Waals surface area contributed by atoms with Crippen LogP contribution in [0.25, 0.3) is 0 Å². The highest BCUT2D eigenvalue weighted by atomic mass is 28.4. The first kappa shape index (κ1) is 26.6. The maximum atomic E-state index is 12.5. The molecule has 0 aromatic heterocycles. The van der Waals surface area contributed by atoms with Crippen molar-refractivity contribution in [3.05, 3.63) is 23.3 Å². The van der Waals surface area contributed by atoms with Gasteiger partial charge in [0.25, 0.3) is 0 Å². The van der Waals surface area contributed by atoms with Crippen molar-refractivity contribution < 1.29 is 32.9 Å². The number of benzene rings is 1. The molecule has 7 nitrogen and oxygen atoms in total. The van der Waals surface area contributed by atoms with Crippen LogP contribution in [-0.2, 0) is 30.0 Å². The second-order valence-electron chi connectivity index (χ2n) is 9.82. The van der Waals surface area contributed by atoms with Crippen LogP contribution in [0.1, 0.15) is 57.1 Å². The van der Waals surface area contributed by atoms with Gasteiger partial charge >= 0.3 is 5.97 Å². The molecule has 1 saturated carbocycles. The van der Waals surface area contributed by atoms with Crippen LogP contribution in [0, 0.1) is 5.92 Å². The SMILES string of the molecule is COCOc1cc(CO[Si](C)(C)C(C)(C)C)c(OCOC)c(C2CCCC2C(=O)OC)c1. The van der Waals surface area contributed by atoms with Crippen LogP contribution in [-0.4, -0.2) is 49.2 Å². The minimum Gasteiger partial charge on any atom is -0.469 e. The molecule has 1 aliphatic carbocycles. The summed E-state index contributed by atoms with van der Waals surface area (Å²) in [5, 5.41) is 0.0783. The highest BCUT2D eigenvalue weighted by Gasteiger charge is 2.39. The van der Waals surface area contributed by atoms with E-state index in [0.29, 0.717) is 18.1 Å². The quantitative estimate of drug-likeness (QED) is 0.250. The van der Waals surface area contributed by atoms with Gasteiger partial charge in [-0.15, -0.1) is 0 Å². The third-order valence-corrected chi connectivity index (χ3v) is 11.1. The van der Waals surface area contributed by atoms with Gasteiger partial charge < -0.3 is 28.1 Å². The molecule has 0 saturated heterocycles. The Hall–Kier alpha value is -1.61. The highest BCUT2D eigenvalue weighted by Crippen LogP contribution is 2.47. The molecule has 2 rings (SSSR count). The maximum Gasteiger partial charge on any atom is 0.309 e. The number of hydrogen-bond acceptors (Lipinski definition) is 7. The first-order valence-corrected chi connectivity index (χ1v) is 14.1. The van der Waals surface area contributed by atoms with Crippen LogP contribution in [0.3, 0.4) is 0 Å². The van der Waals surface area contributed by atoms with Crippen molar-refractivity contribution in [2.45, 2.75) is 70.7 Å². The number of carbonyl (C=O) groups excluding carboxylic acids is 1. The van der Waals surface area contributed by atoms with Gasteiger partial charge in [-0.2, -0.15) is 0 Å². The molecule has 0 N–H and O–H groups in total. The molecule has 2 unspecified atom stereocenters. The molecule has 1 aromatic carbocycles. The monoisotopic (exact) mass is 468 g/mol. The van der Waals surface area contributed by atoms with Crippen molar-refractivity contribution >= 4 is 14.3 Å². The van der Waals surface area contributed by atoms with E-state index in [1.54, 1.807) is 14.2 Å². The van der Waals surface area contributed by atoms with E-state index in [1.165, 1.54) is 7.11 Å². The third-order valence-electron chi connectivity index (χ3n) is 6.65. The number of esters is 1. The van der Waals surface area contributed by atoms with E-state index in [9.17, 15) is 4.79 Å². The van der Waals surface area contributed by atoms with E-state index in [-0.39, 0.29) is 36.4 Å². The number of hydrogen-bond donors (Lipinski definition) is 0. The number of carbonyl (C=O) groups is 1. The molecule has 0 spiro atoms. The summed E-state index contributed by atoms with van der Waals surface area (Å²) in [5.41, 5.74) is 1.81. The Kier molecular flexibility index (Phi) is 9.57. The first-order valence-electron chi connectivity index (χ1n) is 11.2. The summed E-state index contributed by atoms with van der Waals surface area (Å²) in [4.78, 5) is 12.5. The van der Waals surface area contributed by atoms with Gasteiger partial charge in [0.05, 0.1) is 19.6 Å². The molecule has 8 heteroatoms. The summed E-state index contributed by atoms with van der Waals surface area (Å²) in [6.45, 7) is 11.7. The zero-order chi connectivity index (χ0) is 23.9. The molecule has 2 atom stereocenters. The smallest absolute Gasteiger partial charge is 0.309 e. The lowest BCUT2D eigenvalue weighted by Gasteiger charge is -2.36. The van der Waals surface area contributed by atoms with Gasteiger partial charge in [-0.3, -0.25) is 4.79 Å². The van der Waals surface area contributed by atoms with Crippen molar-refractivity contribution in [3.8, 4) is 11.5 Å². The molecule has 0 amide bonds. The second kappa shape index (κ2) is 11.5. The van der Waals surface area contributed by atoms with E-state index in [0.717, 1.165) is 30.4 Å². The standard InChI is InChI=1S/C24H40O7Si/c1-24(2,3)32(7,8)31-14-17-12-18(29-15-26-4)13-21(22(17)30-16-27-5)19-10-9-11-20(19)23(25)28-6/h12-13,19-20H,9-11,14-16H2,1-8H3. The first-order chi connectivity index (χ1) is 15.1. The van der Waals surface area contributed by atoms with Crippen LogP contribution in [0.2, 0.25) is 18.1 Å². The lowest BCUT2D eigenvalue weighted by atomic mass is 9.87. The summed E-state index contributed by atoms with van der Waals surface area (Å²) < 4.78 is 33.8. The van der Waals surface area contributed by atoms with Crippen LogP contribution in [0.5, 0.6) is 11.5 Å². The van der Waals surface area contributed by atoms with E-state index in [2.05, 4.69) is 33.9 Å². The fourth-order valence-corrected chi connectivity index (χ4v) is 4.76. The normalized spacial score (nSPS) is 19.1. The summed E-state index contributed by atoms with van der Waals surface area (Å²) >= 11 is 0. The molecule has 182 valence electrons. The van der Waals surface area contributed by atoms with Gasteiger partial charge in [-0.1, -0.05) is 27.2 Å². The van der Waals surface area contributed by atoms with E-state index in [1.807, 2.05) is 12.1 Å². The average molecular weight is 469 g/mol. The zero-order valence-electron chi connectivity index (χ0n) is 20.9. The molecular formula is C24H40O7Si. The van der Waals surface area contributed by atoms with Crippen molar-refractivity contribution in [3.63, 3.8) is 0 Å². The van der Waals surface area contributed by atoms with Crippen LogP contribution in [0.15, 0.2) is 12.1 Å². The molecule has 1 aliphatic rings. The van der Waals surface area contributed by atoms with Crippen LogP contribution >= 0.6 is 0 Å². The third kappa shape index (κ3) is 6.47. The fourth-order valence-electron chi connectivity index (χ4n) is 3.81. The molecule has 1 fully saturated rings. The average Bonchev–Trinajstić information content (AvgIpc) is 3.23. The summed E-state index contributed by atoms with van der Waals surface area (Å²) in [6.07, 6.45) is 2.62. The van der Waals surface area contributed by atoms with Gasteiger partial charge in [0, 0.05) is 31.3 Å². The van der Waals surface area contributed by atoms with Crippen LogP contribution in [0.4, 0.5) is 0 Å². The van der Waals surface area contributed by atoms with Crippen LogP contribution < -0.4 is 9.47 Å². The lowest BCUT2D eigenvalue weighted by Crippen LogP contribution is -2.40. The molecule has 0 bridgehead atoms. The van der Waals surface area contributed by atoms with Crippen molar-refractivity contribution in [2.24, 2.45) is 5.92 Å². The van der Waals surface area contributed by atoms with Crippen molar-refractivity contribution in [1.82, 2.24) is 0 Å². The zero-order valence-corrected chi connectivity index (χ0v) is 21.9. The summed E-state index contributed by atoms with van der Waals surface area (Å²) in [6, 6.07) is 3.88. The minimum absolute atomic E-state index is 0.0213. The Morgan fingerprint density at radius 1 is 1.03 bits per heavy atom. The highest BCUT2D eigenvalue weighted by molar-refractivity contribution is 6.74. The van der Waals surface area contributed by atoms with Gasteiger partial charge in [-0.05, 0) is 43.1 Å².